The van der Waals surface area contributed by atoms with Crippen LogP contribution in [0.25, 0.3) is 0 Å². The molecule has 17 heavy (non-hydrogen) atoms. The summed E-state index contributed by atoms with van der Waals surface area (Å²) in [6, 6.07) is 6.30. The van der Waals surface area contributed by atoms with E-state index in [9.17, 15) is 4.39 Å². The van der Waals surface area contributed by atoms with Crippen molar-refractivity contribution in [3.8, 4) is 5.88 Å². The first-order valence-electron chi connectivity index (χ1n) is 4.81. The summed E-state index contributed by atoms with van der Waals surface area (Å²) in [5.74, 6) is -0.147. The predicted molar refractivity (Wildman–Crippen MR) is 62.2 cm³/mol. The maximum atomic E-state index is 13.3. The van der Waals surface area contributed by atoms with E-state index in [1.807, 2.05) is 0 Å². The molecule has 0 aliphatic carbocycles. The topological polar surface area (TPSA) is 61.0 Å². The number of aromatic nitrogens is 2. The van der Waals surface area contributed by atoms with Crippen LogP contribution >= 0.6 is 11.6 Å². The molecular weight excluding hydrogens is 245 g/mol. The summed E-state index contributed by atoms with van der Waals surface area (Å²) in [4.78, 5) is 7.50. The minimum absolute atomic E-state index is 0.0306. The molecule has 2 N–H and O–H groups in total. The third-order valence-corrected chi connectivity index (χ3v) is 2.31. The normalized spacial score (nSPS) is 10.2. The van der Waals surface area contributed by atoms with Gasteiger partial charge in [0, 0.05) is 5.56 Å². The molecule has 0 saturated heterocycles. The predicted octanol–water partition coefficient (Wildman–Crippen LogP) is 2.43. The summed E-state index contributed by atoms with van der Waals surface area (Å²) in [5, 5.41) is 0.232. The zero-order valence-corrected chi connectivity index (χ0v) is 9.49. The molecule has 0 fully saturated rings. The van der Waals surface area contributed by atoms with Crippen molar-refractivity contribution in [2.45, 2.75) is 6.61 Å². The van der Waals surface area contributed by atoms with Gasteiger partial charge in [0.05, 0.1) is 6.20 Å². The molecule has 1 aromatic heterocycles. The third kappa shape index (κ3) is 2.82. The number of benzene rings is 1. The van der Waals surface area contributed by atoms with Crippen LogP contribution in [0.15, 0.2) is 30.5 Å². The Morgan fingerprint density at radius 2 is 2.12 bits per heavy atom. The van der Waals surface area contributed by atoms with E-state index in [1.54, 1.807) is 18.2 Å². The van der Waals surface area contributed by atoms with E-state index >= 15 is 0 Å². The molecule has 0 saturated carbocycles. The third-order valence-electron chi connectivity index (χ3n) is 2.05. The van der Waals surface area contributed by atoms with Crippen molar-refractivity contribution in [2.24, 2.45) is 0 Å². The molecule has 1 heterocycles. The Labute approximate surface area is 102 Å². The van der Waals surface area contributed by atoms with Crippen molar-refractivity contribution in [1.29, 1.82) is 0 Å². The van der Waals surface area contributed by atoms with E-state index in [1.165, 1.54) is 12.3 Å². The van der Waals surface area contributed by atoms with Gasteiger partial charge in [0.25, 0.3) is 0 Å². The van der Waals surface area contributed by atoms with E-state index in [4.69, 9.17) is 22.1 Å². The molecular formula is C11H9ClFN3O. The molecule has 0 aliphatic rings. The van der Waals surface area contributed by atoms with Crippen molar-refractivity contribution in [3.05, 3.63) is 46.9 Å². The van der Waals surface area contributed by atoms with Crippen LogP contribution in [-0.4, -0.2) is 9.97 Å². The first kappa shape index (κ1) is 11.6. The number of nitrogens with zero attached hydrogens (tertiary/aromatic N) is 2. The molecule has 0 unspecified atom stereocenters. The lowest BCUT2D eigenvalue weighted by Crippen LogP contribution is -2.02. The second-order valence-electron chi connectivity index (χ2n) is 3.26. The van der Waals surface area contributed by atoms with Crippen LogP contribution in [-0.2, 0) is 6.61 Å². The Balaban J connectivity index is 2.12. The first-order chi connectivity index (χ1) is 8.16. The van der Waals surface area contributed by atoms with Crippen LogP contribution in [0.2, 0.25) is 5.02 Å². The summed E-state index contributed by atoms with van der Waals surface area (Å²) >= 11 is 5.80. The van der Waals surface area contributed by atoms with Crippen molar-refractivity contribution in [2.75, 3.05) is 5.73 Å². The van der Waals surface area contributed by atoms with E-state index in [-0.39, 0.29) is 29.3 Å². The quantitative estimate of drug-likeness (QED) is 0.913. The number of ether oxygens (including phenoxy) is 1. The number of nitrogen functional groups attached to an aromatic ring is 1. The Kier molecular flexibility index (Phi) is 3.39. The summed E-state index contributed by atoms with van der Waals surface area (Å²) in [6.07, 6.45) is 1.33. The largest absolute Gasteiger partial charge is 0.472 e. The summed E-state index contributed by atoms with van der Waals surface area (Å²) in [5.41, 5.74) is 5.81. The summed E-state index contributed by atoms with van der Waals surface area (Å²) in [6.45, 7) is 0.0306. The Hall–Kier alpha value is -1.88. The number of hydrogen-bond donors (Lipinski definition) is 1. The molecule has 2 aromatic rings. The van der Waals surface area contributed by atoms with Gasteiger partial charge in [-0.05, 0) is 6.07 Å². The van der Waals surface area contributed by atoms with Crippen molar-refractivity contribution in [1.82, 2.24) is 9.97 Å². The molecule has 4 nitrogen and oxygen atoms in total. The van der Waals surface area contributed by atoms with Gasteiger partial charge >= 0.3 is 0 Å². The fraction of sp³-hybridized carbons (Fsp3) is 0.0909. The highest BCUT2D eigenvalue weighted by molar-refractivity contribution is 6.31. The van der Waals surface area contributed by atoms with Crippen LogP contribution in [0.1, 0.15) is 5.56 Å². The van der Waals surface area contributed by atoms with Crippen LogP contribution in [0.3, 0.4) is 0 Å². The molecule has 0 spiro atoms. The zero-order valence-electron chi connectivity index (χ0n) is 8.73. The van der Waals surface area contributed by atoms with Gasteiger partial charge in [-0.2, -0.15) is 4.98 Å². The molecule has 2 rings (SSSR count). The van der Waals surface area contributed by atoms with Crippen molar-refractivity contribution in [3.63, 3.8) is 0 Å². The van der Waals surface area contributed by atoms with Gasteiger partial charge < -0.3 is 10.5 Å². The fourth-order valence-electron chi connectivity index (χ4n) is 1.23. The Morgan fingerprint density at radius 3 is 2.88 bits per heavy atom. The average Bonchev–Trinajstić information content (AvgIpc) is 2.32. The maximum Gasteiger partial charge on any atom is 0.237 e. The van der Waals surface area contributed by atoms with E-state index < -0.39 is 0 Å². The lowest BCUT2D eigenvalue weighted by molar-refractivity contribution is 0.288. The molecule has 0 radical (unpaired) electrons. The molecule has 0 bridgehead atoms. The molecule has 6 heteroatoms. The lowest BCUT2D eigenvalue weighted by Gasteiger charge is -2.07. The average molecular weight is 254 g/mol. The number of anilines is 1. The SMILES string of the molecule is Nc1ncc(Cl)c(OCc2ccccc2F)n1. The Morgan fingerprint density at radius 1 is 1.35 bits per heavy atom. The van der Waals surface area contributed by atoms with Gasteiger partial charge in [-0.3, -0.25) is 0 Å². The van der Waals surface area contributed by atoms with E-state index in [0.717, 1.165) is 0 Å². The maximum absolute atomic E-state index is 13.3. The van der Waals surface area contributed by atoms with Crippen LogP contribution in [0, 0.1) is 5.82 Å². The number of rotatable bonds is 3. The molecule has 0 amide bonds. The molecule has 88 valence electrons. The minimum atomic E-state index is -0.342. The van der Waals surface area contributed by atoms with Gasteiger partial charge in [-0.15, -0.1) is 0 Å². The highest BCUT2D eigenvalue weighted by Crippen LogP contribution is 2.22. The number of nitrogens with two attached hydrogens (primary N) is 1. The van der Waals surface area contributed by atoms with Gasteiger partial charge in [0.2, 0.25) is 11.8 Å². The second kappa shape index (κ2) is 4.97. The van der Waals surface area contributed by atoms with Gasteiger partial charge in [0.1, 0.15) is 17.4 Å². The van der Waals surface area contributed by atoms with Crippen molar-refractivity contribution < 1.29 is 9.13 Å². The smallest absolute Gasteiger partial charge is 0.237 e. The number of hydrogen-bond acceptors (Lipinski definition) is 4. The van der Waals surface area contributed by atoms with Gasteiger partial charge in [-0.25, -0.2) is 9.37 Å². The molecule has 0 atom stereocenters. The van der Waals surface area contributed by atoms with Crippen LogP contribution < -0.4 is 10.5 Å². The first-order valence-corrected chi connectivity index (χ1v) is 5.19. The monoisotopic (exact) mass is 253 g/mol. The summed E-state index contributed by atoms with van der Waals surface area (Å²) in [7, 11) is 0. The molecule has 0 aliphatic heterocycles. The minimum Gasteiger partial charge on any atom is -0.472 e. The standard InChI is InChI=1S/C11H9ClFN3O/c12-8-5-15-11(14)16-10(8)17-6-7-3-1-2-4-9(7)13/h1-5H,6H2,(H2,14,15,16). The van der Waals surface area contributed by atoms with Crippen LogP contribution in [0.5, 0.6) is 5.88 Å². The molecule has 1 aromatic carbocycles. The zero-order chi connectivity index (χ0) is 12.3. The van der Waals surface area contributed by atoms with Crippen molar-refractivity contribution >= 4 is 17.5 Å². The van der Waals surface area contributed by atoms with E-state index in [2.05, 4.69) is 9.97 Å². The summed E-state index contributed by atoms with van der Waals surface area (Å²) < 4.78 is 18.6. The highest BCUT2D eigenvalue weighted by atomic mass is 35.5. The highest BCUT2D eigenvalue weighted by Gasteiger charge is 2.07. The fourth-order valence-corrected chi connectivity index (χ4v) is 1.37. The van der Waals surface area contributed by atoms with Gasteiger partial charge in [-0.1, -0.05) is 29.8 Å². The van der Waals surface area contributed by atoms with E-state index in [0.29, 0.717) is 5.56 Å². The second-order valence-corrected chi connectivity index (χ2v) is 3.67. The number of halogens is 2. The van der Waals surface area contributed by atoms with Crippen LogP contribution in [0.4, 0.5) is 10.3 Å². The van der Waals surface area contributed by atoms with Gasteiger partial charge in [0.15, 0.2) is 0 Å². The lowest BCUT2D eigenvalue weighted by atomic mass is 10.2. The Bertz CT molecular complexity index is 536.